The van der Waals surface area contributed by atoms with Crippen LogP contribution in [0.15, 0.2) is 48.6 Å². The van der Waals surface area contributed by atoms with E-state index >= 15 is 0 Å². The van der Waals surface area contributed by atoms with Gasteiger partial charge in [0.05, 0.1) is 40.3 Å². The minimum atomic E-state index is -1.13. The number of carboxylic acids is 1. The molecule has 2 unspecified atom stereocenters. The molecule has 0 N–H and O–H groups in total. The second-order valence-electron chi connectivity index (χ2n) is 18.4. The van der Waals surface area contributed by atoms with E-state index in [4.69, 9.17) is 14.2 Å². The molecule has 0 aromatic heterocycles. The SMILES string of the molecule is CCCCCCCCC/C=C/C=C/CCCCCC(=O)OC(COCCC(C(=O)[O-])[N+](C)(C)C)COC(=O)CCCCCCCCC/C=C/C/C=C/CCCCCCCCCC. The van der Waals surface area contributed by atoms with Crippen molar-refractivity contribution in [3.63, 3.8) is 0 Å². The molecule has 0 spiro atoms. The van der Waals surface area contributed by atoms with Gasteiger partial charge >= 0.3 is 11.9 Å². The lowest BCUT2D eigenvalue weighted by molar-refractivity contribution is -0.889. The number of unbranched alkanes of at least 4 members (excludes halogenated alkanes) is 25. The first-order chi connectivity index (χ1) is 30.1. The Morgan fingerprint density at radius 3 is 1.35 bits per heavy atom. The summed E-state index contributed by atoms with van der Waals surface area (Å²) in [6.07, 6.45) is 54.3. The second-order valence-corrected chi connectivity index (χ2v) is 18.4. The third-order valence-corrected chi connectivity index (χ3v) is 11.5. The number of carbonyl (C=O) groups excluding carboxylic acids is 3. The predicted molar refractivity (Wildman–Crippen MR) is 259 cm³/mol. The highest BCUT2D eigenvalue weighted by molar-refractivity contribution is 5.70. The number of quaternary nitrogens is 1. The average molecular weight is 872 g/mol. The van der Waals surface area contributed by atoms with Gasteiger partial charge in [-0.15, -0.1) is 0 Å². The summed E-state index contributed by atoms with van der Waals surface area (Å²) in [5, 5.41) is 11.7. The van der Waals surface area contributed by atoms with Crippen LogP contribution in [0.4, 0.5) is 0 Å². The third-order valence-electron chi connectivity index (χ3n) is 11.5. The average Bonchev–Trinajstić information content (AvgIpc) is 3.23. The van der Waals surface area contributed by atoms with Gasteiger partial charge in [0.2, 0.25) is 0 Å². The number of carboxylic acid groups (broad SMARTS) is 1. The maximum Gasteiger partial charge on any atom is 0.306 e. The van der Waals surface area contributed by atoms with Crippen molar-refractivity contribution in [1.29, 1.82) is 0 Å². The highest BCUT2D eigenvalue weighted by Crippen LogP contribution is 2.14. The van der Waals surface area contributed by atoms with Crippen LogP contribution >= 0.6 is 0 Å². The Balaban J connectivity index is 4.28. The summed E-state index contributed by atoms with van der Waals surface area (Å²) in [6, 6.07) is -0.733. The Morgan fingerprint density at radius 1 is 0.500 bits per heavy atom. The maximum atomic E-state index is 12.8. The van der Waals surface area contributed by atoms with Crippen molar-refractivity contribution in [2.75, 3.05) is 41.0 Å². The molecule has 0 bridgehead atoms. The van der Waals surface area contributed by atoms with Crippen molar-refractivity contribution >= 4 is 17.9 Å². The zero-order valence-electron chi connectivity index (χ0n) is 41.0. The molecule has 0 aliphatic rings. The van der Waals surface area contributed by atoms with Crippen LogP contribution in [0.25, 0.3) is 0 Å². The zero-order chi connectivity index (χ0) is 45.6. The van der Waals surface area contributed by atoms with Gasteiger partial charge in [0.1, 0.15) is 12.6 Å². The summed E-state index contributed by atoms with van der Waals surface area (Å²) in [4.78, 5) is 37.0. The number of hydrogen-bond acceptors (Lipinski definition) is 7. The van der Waals surface area contributed by atoms with Crippen LogP contribution in [0.1, 0.15) is 226 Å². The van der Waals surface area contributed by atoms with E-state index in [0.717, 1.165) is 64.2 Å². The van der Waals surface area contributed by atoms with Crippen molar-refractivity contribution in [3.05, 3.63) is 48.6 Å². The molecule has 2 atom stereocenters. The lowest BCUT2D eigenvalue weighted by Gasteiger charge is -2.34. The lowest BCUT2D eigenvalue weighted by Crippen LogP contribution is -2.55. The summed E-state index contributed by atoms with van der Waals surface area (Å²) < 4.78 is 17.2. The Morgan fingerprint density at radius 2 is 0.903 bits per heavy atom. The van der Waals surface area contributed by atoms with E-state index < -0.39 is 18.1 Å². The first-order valence-corrected chi connectivity index (χ1v) is 25.7. The first kappa shape index (κ1) is 59.3. The van der Waals surface area contributed by atoms with Gasteiger partial charge in [0.25, 0.3) is 0 Å². The number of likely N-dealkylation sites (N-methyl/N-ethyl adjacent to an activating group) is 1. The highest BCUT2D eigenvalue weighted by atomic mass is 16.6. The molecular formula is C54H97NO7. The Bertz CT molecular complexity index is 1150. The Labute approximate surface area is 382 Å². The van der Waals surface area contributed by atoms with Gasteiger partial charge in [-0.1, -0.05) is 184 Å². The van der Waals surface area contributed by atoms with Gasteiger partial charge in [-0.25, -0.2) is 0 Å². The number of ether oxygens (including phenoxy) is 3. The summed E-state index contributed by atoms with van der Waals surface area (Å²) in [5.74, 6) is -1.77. The van der Waals surface area contributed by atoms with E-state index in [0.29, 0.717) is 6.42 Å². The quantitative estimate of drug-likeness (QED) is 0.0197. The molecule has 0 aromatic carbocycles. The summed E-state index contributed by atoms with van der Waals surface area (Å²) >= 11 is 0. The standard InChI is InChI=1S/C54H97NO7/c1-6-8-10-12-14-16-18-20-22-24-25-26-27-28-29-31-32-34-36-38-40-42-44-52(56)61-49-50(48-60-47-46-51(54(58)59)55(3,4)5)62-53(57)45-43-41-39-37-35-33-30-23-21-19-17-15-13-11-9-7-2/h23-25,27-28,30,33,35,50-51H,6-22,26,29,31-32,34,36-49H2,1-5H3/b25-24+,28-27+,30-23+,35-33+. The first-order valence-electron chi connectivity index (χ1n) is 25.7. The van der Waals surface area contributed by atoms with Crippen LogP contribution in [-0.4, -0.2) is 75.5 Å². The maximum absolute atomic E-state index is 12.8. The van der Waals surface area contributed by atoms with Crippen molar-refractivity contribution in [1.82, 2.24) is 0 Å². The van der Waals surface area contributed by atoms with E-state index in [2.05, 4.69) is 62.5 Å². The third kappa shape index (κ3) is 42.6. The van der Waals surface area contributed by atoms with Crippen LogP contribution in [0.5, 0.6) is 0 Å². The molecule has 0 amide bonds. The molecule has 0 heterocycles. The van der Waals surface area contributed by atoms with Crippen LogP contribution in [-0.2, 0) is 28.6 Å². The lowest BCUT2D eigenvalue weighted by atomic mass is 10.1. The van der Waals surface area contributed by atoms with Crippen LogP contribution in [0, 0.1) is 0 Å². The monoisotopic (exact) mass is 872 g/mol. The fourth-order valence-corrected chi connectivity index (χ4v) is 7.45. The molecule has 8 heteroatoms. The number of nitrogens with zero attached hydrogens (tertiary/aromatic N) is 1. The van der Waals surface area contributed by atoms with Gasteiger partial charge in [0, 0.05) is 19.3 Å². The predicted octanol–water partition coefficient (Wildman–Crippen LogP) is 13.4. The molecule has 360 valence electrons. The number of hydrogen-bond donors (Lipinski definition) is 0. The summed E-state index contributed by atoms with van der Waals surface area (Å²) in [5.41, 5.74) is 0. The zero-order valence-corrected chi connectivity index (χ0v) is 41.0. The molecule has 0 rings (SSSR count). The van der Waals surface area contributed by atoms with Crippen LogP contribution < -0.4 is 5.11 Å². The minimum Gasteiger partial charge on any atom is -0.544 e. The van der Waals surface area contributed by atoms with Gasteiger partial charge in [-0.3, -0.25) is 9.59 Å². The molecule has 8 nitrogen and oxygen atoms in total. The molecule has 0 saturated carbocycles. The highest BCUT2D eigenvalue weighted by Gasteiger charge is 2.25. The van der Waals surface area contributed by atoms with E-state index in [1.807, 2.05) is 0 Å². The summed E-state index contributed by atoms with van der Waals surface area (Å²) in [6.45, 7) is 4.63. The second kappa shape index (κ2) is 44.9. The van der Waals surface area contributed by atoms with Gasteiger partial charge < -0.3 is 28.6 Å². The van der Waals surface area contributed by atoms with Crippen molar-refractivity contribution in [2.45, 2.75) is 238 Å². The normalized spacial score (nSPS) is 13.2. The Kier molecular flexibility index (Phi) is 42.9. The fourth-order valence-electron chi connectivity index (χ4n) is 7.45. The van der Waals surface area contributed by atoms with Crippen molar-refractivity contribution in [2.24, 2.45) is 0 Å². The van der Waals surface area contributed by atoms with Crippen molar-refractivity contribution < 1.29 is 38.2 Å². The van der Waals surface area contributed by atoms with Crippen LogP contribution in [0.3, 0.4) is 0 Å². The molecule has 0 aliphatic carbocycles. The molecular weight excluding hydrogens is 775 g/mol. The topological polar surface area (TPSA) is 102 Å². The molecule has 0 radical (unpaired) electrons. The molecule has 0 fully saturated rings. The van der Waals surface area contributed by atoms with Crippen molar-refractivity contribution in [3.8, 4) is 0 Å². The summed E-state index contributed by atoms with van der Waals surface area (Å²) in [7, 11) is 5.40. The van der Waals surface area contributed by atoms with E-state index in [9.17, 15) is 19.5 Å². The largest absolute Gasteiger partial charge is 0.544 e. The minimum absolute atomic E-state index is 0.0272. The van der Waals surface area contributed by atoms with Gasteiger partial charge in [0.15, 0.2) is 6.10 Å². The molecule has 62 heavy (non-hydrogen) atoms. The molecule has 0 saturated heterocycles. The number of carbonyl (C=O) groups is 3. The fraction of sp³-hybridized carbons (Fsp3) is 0.796. The molecule has 0 aliphatic heterocycles. The number of rotatable bonds is 46. The Hall–Kier alpha value is -2.71. The molecule has 0 aromatic rings. The number of esters is 2. The van der Waals surface area contributed by atoms with E-state index in [1.54, 1.807) is 21.1 Å². The van der Waals surface area contributed by atoms with Gasteiger partial charge in [-0.2, -0.15) is 0 Å². The van der Waals surface area contributed by atoms with E-state index in [1.165, 1.54) is 128 Å². The van der Waals surface area contributed by atoms with E-state index in [-0.39, 0.29) is 49.1 Å². The van der Waals surface area contributed by atoms with Crippen LogP contribution in [0.2, 0.25) is 0 Å². The smallest absolute Gasteiger partial charge is 0.306 e. The van der Waals surface area contributed by atoms with Gasteiger partial charge in [-0.05, 0) is 70.6 Å². The number of aliphatic carboxylic acids is 1. The number of allylic oxidation sites excluding steroid dienone is 8.